The first-order valence-corrected chi connectivity index (χ1v) is 11.4. The molecule has 10 heteroatoms. The van der Waals surface area contributed by atoms with Crippen molar-refractivity contribution in [3.8, 4) is 22.0 Å². The predicted octanol–water partition coefficient (Wildman–Crippen LogP) is 3.78. The number of H-pyrrole nitrogens is 1. The molecule has 0 radical (unpaired) electrons. The van der Waals surface area contributed by atoms with Crippen LogP contribution in [0, 0.1) is 12.8 Å². The zero-order valence-electron chi connectivity index (χ0n) is 17.6. The summed E-state index contributed by atoms with van der Waals surface area (Å²) in [6.45, 7) is 4.24. The van der Waals surface area contributed by atoms with Gasteiger partial charge in [0, 0.05) is 43.7 Å². The number of nitrogens with zero attached hydrogens (tertiary/aromatic N) is 5. The van der Waals surface area contributed by atoms with Gasteiger partial charge in [0.15, 0.2) is 0 Å². The number of carbonyl (C=O) groups excluding carboxylic acids is 1. The molecule has 164 valence electrons. The first-order valence-electron chi connectivity index (χ1n) is 10.5. The summed E-state index contributed by atoms with van der Waals surface area (Å²) >= 11 is 1.41. The summed E-state index contributed by atoms with van der Waals surface area (Å²) < 4.78 is 7.36. The van der Waals surface area contributed by atoms with Crippen molar-refractivity contribution in [3.05, 3.63) is 53.6 Å². The van der Waals surface area contributed by atoms with Gasteiger partial charge in [-0.2, -0.15) is 10.2 Å². The van der Waals surface area contributed by atoms with E-state index in [2.05, 4.69) is 25.5 Å². The Bertz CT molecular complexity index is 1210. The van der Waals surface area contributed by atoms with Gasteiger partial charge in [0.1, 0.15) is 16.4 Å². The summed E-state index contributed by atoms with van der Waals surface area (Å²) in [7, 11) is 0. The van der Waals surface area contributed by atoms with Crippen LogP contribution < -0.4 is 5.32 Å². The summed E-state index contributed by atoms with van der Waals surface area (Å²) in [5.41, 5.74) is 4.07. The molecule has 0 bridgehead atoms. The van der Waals surface area contributed by atoms with Crippen molar-refractivity contribution in [3.63, 3.8) is 0 Å². The van der Waals surface area contributed by atoms with Crippen molar-refractivity contribution in [2.24, 2.45) is 5.92 Å². The van der Waals surface area contributed by atoms with E-state index in [1.165, 1.54) is 11.3 Å². The Kier molecular flexibility index (Phi) is 5.78. The lowest BCUT2D eigenvalue weighted by molar-refractivity contribution is 0.0602. The number of amides is 1. The van der Waals surface area contributed by atoms with Crippen molar-refractivity contribution in [1.82, 2.24) is 29.9 Å². The number of aryl methyl sites for hydroxylation is 1. The van der Waals surface area contributed by atoms with E-state index in [0.29, 0.717) is 28.7 Å². The molecule has 0 saturated carbocycles. The SMILES string of the molecule is Cc1n[nH]cc1-c1nc(C(=O)Nc2cn(CC3CCOCC3)nc2-c2ccccn2)cs1. The number of pyridine rings is 1. The maximum Gasteiger partial charge on any atom is 0.275 e. The Morgan fingerprint density at radius 1 is 1.34 bits per heavy atom. The number of hydrogen-bond donors (Lipinski definition) is 2. The average molecular weight is 450 g/mol. The van der Waals surface area contributed by atoms with Crippen LogP contribution >= 0.6 is 11.3 Å². The molecule has 0 unspecified atom stereocenters. The second kappa shape index (κ2) is 9.01. The molecular weight excluding hydrogens is 426 g/mol. The minimum absolute atomic E-state index is 0.281. The Morgan fingerprint density at radius 3 is 2.97 bits per heavy atom. The number of ether oxygens (including phenoxy) is 1. The Morgan fingerprint density at radius 2 is 2.22 bits per heavy atom. The zero-order valence-corrected chi connectivity index (χ0v) is 18.4. The van der Waals surface area contributed by atoms with Gasteiger partial charge < -0.3 is 10.1 Å². The van der Waals surface area contributed by atoms with Gasteiger partial charge in [-0.1, -0.05) is 6.07 Å². The van der Waals surface area contributed by atoms with E-state index in [-0.39, 0.29) is 5.91 Å². The van der Waals surface area contributed by atoms with Gasteiger partial charge in [-0.3, -0.25) is 19.6 Å². The third kappa shape index (κ3) is 4.32. The molecule has 1 amide bonds. The van der Waals surface area contributed by atoms with Gasteiger partial charge in [0.25, 0.3) is 5.91 Å². The van der Waals surface area contributed by atoms with Crippen LogP contribution in [0.15, 0.2) is 42.2 Å². The van der Waals surface area contributed by atoms with E-state index in [4.69, 9.17) is 9.84 Å². The molecule has 2 N–H and O–H groups in total. The van der Waals surface area contributed by atoms with Crippen molar-refractivity contribution in [2.45, 2.75) is 26.3 Å². The monoisotopic (exact) mass is 449 g/mol. The molecule has 0 spiro atoms. The quantitative estimate of drug-likeness (QED) is 0.463. The van der Waals surface area contributed by atoms with Gasteiger partial charge >= 0.3 is 0 Å². The molecule has 5 rings (SSSR count). The molecule has 1 aliphatic heterocycles. The maximum atomic E-state index is 13.0. The molecule has 5 heterocycles. The fourth-order valence-electron chi connectivity index (χ4n) is 3.75. The average Bonchev–Trinajstić information content (AvgIpc) is 3.55. The number of carbonyl (C=O) groups is 1. The van der Waals surface area contributed by atoms with E-state index in [0.717, 1.165) is 48.9 Å². The molecule has 1 fully saturated rings. The van der Waals surface area contributed by atoms with Crippen LogP contribution in [0.4, 0.5) is 5.69 Å². The fourth-order valence-corrected chi connectivity index (χ4v) is 4.62. The Hall–Kier alpha value is -3.37. The van der Waals surface area contributed by atoms with Crippen molar-refractivity contribution in [1.29, 1.82) is 0 Å². The third-order valence-corrected chi connectivity index (χ3v) is 6.38. The van der Waals surface area contributed by atoms with Crippen molar-refractivity contribution < 1.29 is 9.53 Å². The van der Waals surface area contributed by atoms with E-state index < -0.39 is 0 Å². The molecule has 0 atom stereocenters. The fraction of sp³-hybridized carbons (Fsp3) is 0.318. The smallest absolute Gasteiger partial charge is 0.275 e. The third-order valence-electron chi connectivity index (χ3n) is 5.50. The lowest BCUT2D eigenvalue weighted by Gasteiger charge is -2.21. The summed E-state index contributed by atoms with van der Waals surface area (Å²) in [4.78, 5) is 21.9. The van der Waals surface area contributed by atoms with Crippen LogP contribution in [0.25, 0.3) is 22.0 Å². The number of aromatic amines is 1. The van der Waals surface area contributed by atoms with Gasteiger partial charge in [-0.05, 0) is 37.8 Å². The van der Waals surface area contributed by atoms with Crippen LogP contribution in [0.3, 0.4) is 0 Å². The highest BCUT2D eigenvalue weighted by Crippen LogP contribution is 2.29. The van der Waals surface area contributed by atoms with E-state index in [1.54, 1.807) is 17.8 Å². The summed E-state index contributed by atoms with van der Waals surface area (Å²) in [6.07, 6.45) is 7.41. The van der Waals surface area contributed by atoms with Crippen LogP contribution in [0.1, 0.15) is 29.0 Å². The van der Waals surface area contributed by atoms with Crippen molar-refractivity contribution >= 4 is 22.9 Å². The van der Waals surface area contributed by atoms with Crippen molar-refractivity contribution in [2.75, 3.05) is 18.5 Å². The van der Waals surface area contributed by atoms with Crippen LogP contribution in [0.2, 0.25) is 0 Å². The molecule has 0 aromatic carbocycles. The number of nitrogens with one attached hydrogen (secondary N) is 2. The molecule has 4 aromatic rings. The van der Waals surface area contributed by atoms with E-state index >= 15 is 0 Å². The minimum Gasteiger partial charge on any atom is -0.381 e. The molecule has 32 heavy (non-hydrogen) atoms. The standard InChI is InChI=1S/C22H23N7O2S/c1-14-16(10-24-27-14)22-26-19(13-32-22)21(30)25-18-12-29(11-15-5-8-31-9-6-15)28-20(18)17-4-2-3-7-23-17/h2-4,7,10,12-13,15H,5-6,8-9,11H2,1H3,(H,24,27)(H,25,30). The summed E-state index contributed by atoms with van der Waals surface area (Å²) in [5.74, 6) is 0.222. The molecule has 9 nitrogen and oxygen atoms in total. The number of rotatable bonds is 6. The Balaban J connectivity index is 1.40. The molecule has 1 saturated heterocycles. The minimum atomic E-state index is -0.281. The summed E-state index contributed by atoms with van der Waals surface area (Å²) in [5, 5.41) is 17.2. The van der Waals surface area contributed by atoms with Crippen LogP contribution in [-0.2, 0) is 11.3 Å². The topological polar surface area (TPSA) is 111 Å². The zero-order chi connectivity index (χ0) is 21.9. The molecular formula is C22H23N7O2S. The highest BCUT2D eigenvalue weighted by molar-refractivity contribution is 7.13. The first-order chi connectivity index (χ1) is 15.7. The predicted molar refractivity (Wildman–Crippen MR) is 121 cm³/mol. The Labute approximate surface area is 188 Å². The molecule has 4 aromatic heterocycles. The first kappa shape index (κ1) is 20.5. The second-order valence-corrected chi connectivity index (χ2v) is 8.62. The maximum absolute atomic E-state index is 13.0. The van der Waals surface area contributed by atoms with Gasteiger partial charge in [-0.25, -0.2) is 4.98 Å². The van der Waals surface area contributed by atoms with Gasteiger partial charge in [0.05, 0.1) is 22.6 Å². The molecule has 1 aliphatic rings. The van der Waals surface area contributed by atoms with Gasteiger partial charge in [0.2, 0.25) is 0 Å². The number of hydrogen-bond acceptors (Lipinski definition) is 7. The van der Waals surface area contributed by atoms with Crippen LogP contribution in [-0.4, -0.2) is 49.1 Å². The number of aromatic nitrogens is 6. The van der Waals surface area contributed by atoms with E-state index in [1.807, 2.05) is 36.0 Å². The van der Waals surface area contributed by atoms with Gasteiger partial charge in [-0.15, -0.1) is 11.3 Å². The van der Waals surface area contributed by atoms with Crippen LogP contribution in [0.5, 0.6) is 0 Å². The molecule has 0 aliphatic carbocycles. The summed E-state index contributed by atoms with van der Waals surface area (Å²) in [6, 6.07) is 5.65. The second-order valence-electron chi connectivity index (χ2n) is 7.76. The normalized spacial score (nSPS) is 14.5. The lowest BCUT2D eigenvalue weighted by Crippen LogP contribution is -2.20. The lowest BCUT2D eigenvalue weighted by atomic mass is 10.0. The number of anilines is 1. The largest absolute Gasteiger partial charge is 0.381 e. The van der Waals surface area contributed by atoms with E-state index in [9.17, 15) is 4.79 Å². The highest BCUT2D eigenvalue weighted by atomic mass is 32.1. The number of thiazole rings is 1. The highest BCUT2D eigenvalue weighted by Gasteiger charge is 2.21.